The lowest BCUT2D eigenvalue weighted by atomic mass is 10.1. The zero-order valence-corrected chi connectivity index (χ0v) is 15.3. The maximum absolute atomic E-state index is 12.5. The SMILES string of the molecule is O=C(NCc1cc(Cl)c2c(c1)OCCCO2)N1CCc2sccc2C1. The maximum Gasteiger partial charge on any atom is 0.317 e. The van der Waals surface area contributed by atoms with Crippen molar-refractivity contribution < 1.29 is 14.3 Å². The number of amides is 2. The van der Waals surface area contributed by atoms with Crippen LogP contribution in [0.15, 0.2) is 23.6 Å². The number of thiophene rings is 1. The molecule has 1 aromatic heterocycles. The highest BCUT2D eigenvalue weighted by Crippen LogP contribution is 2.38. The Balaban J connectivity index is 1.41. The van der Waals surface area contributed by atoms with Crippen LogP contribution in [0.5, 0.6) is 11.5 Å². The molecule has 2 aliphatic heterocycles. The summed E-state index contributed by atoms with van der Waals surface area (Å²) in [6.45, 7) is 3.04. The molecule has 0 atom stereocenters. The Labute approximate surface area is 155 Å². The smallest absolute Gasteiger partial charge is 0.317 e. The van der Waals surface area contributed by atoms with Crippen molar-refractivity contribution in [1.29, 1.82) is 0 Å². The topological polar surface area (TPSA) is 50.8 Å². The molecule has 2 amide bonds. The van der Waals surface area contributed by atoms with Crippen LogP contribution in [0.2, 0.25) is 5.02 Å². The predicted molar refractivity (Wildman–Crippen MR) is 97.7 cm³/mol. The normalized spacial score (nSPS) is 16.1. The molecule has 132 valence electrons. The van der Waals surface area contributed by atoms with Crippen LogP contribution in [0, 0.1) is 0 Å². The van der Waals surface area contributed by atoms with E-state index in [0.29, 0.717) is 42.8 Å². The van der Waals surface area contributed by atoms with Crippen LogP contribution >= 0.6 is 22.9 Å². The van der Waals surface area contributed by atoms with Crippen molar-refractivity contribution >= 4 is 29.0 Å². The number of hydrogen-bond donors (Lipinski definition) is 1. The first-order valence-electron chi connectivity index (χ1n) is 8.37. The van der Waals surface area contributed by atoms with Gasteiger partial charge in [0.15, 0.2) is 11.5 Å². The van der Waals surface area contributed by atoms with E-state index >= 15 is 0 Å². The van der Waals surface area contributed by atoms with E-state index in [9.17, 15) is 4.79 Å². The van der Waals surface area contributed by atoms with Gasteiger partial charge in [0.05, 0.1) is 18.2 Å². The number of carbonyl (C=O) groups excluding carboxylic acids is 1. The molecule has 0 saturated carbocycles. The first-order valence-corrected chi connectivity index (χ1v) is 9.62. The number of nitrogens with zero attached hydrogens (tertiary/aromatic N) is 1. The standard InChI is InChI=1S/C18H19ClN2O3S/c19-14-8-12(9-15-17(14)24-6-1-5-23-15)10-20-18(22)21-4-2-16-13(11-21)3-7-25-16/h3,7-9H,1-2,4-6,10-11H2,(H,20,22). The molecule has 0 aliphatic carbocycles. The molecule has 0 saturated heterocycles. The highest BCUT2D eigenvalue weighted by Gasteiger charge is 2.21. The van der Waals surface area contributed by atoms with Crippen LogP contribution in [0.3, 0.4) is 0 Å². The third-order valence-electron chi connectivity index (χ3n) is 4.40. The van der Waals surface area contributed by atoms with E-state index in [0.717, 1.165) is 24.9 Å². The Kier molecular flexibility index (Phi) is 4.72. The molecule has 2 aliphatic rings. The van der Waals surface area contributed by atoms with Crippen molar-refractivity contribution in [3.63, 3.8) is 0 Å². The van der Waals surface area contributed by atoms with Crippen LogP contribution in [-0.4, -0.2) is 30.7 Å². The highest BCUT2D eigenvalue weighted by atomic mass is 35.5. The number of fused-ring (bicyclic) bond motifs is 2. The molecule has 1 N–H and O–H groups in total. The third kappa shape index (κ3) is 3.55. The molecule has 25 heavy (non-hydrogen) atoms. The third-order valence-corrected chi connectivity index (χ3v) is 5.70. The molecule has 0 unspecified atom stereocenters. The lowest BCUT2D eigenvalue weighted by Crippen LogP contribution is -2.42. The minimum atomic E-state index is -0.0555. The number of carbonyl (C=O) groups is 1. The Hall–Kier alpha value is -1.92. The zero-order chi connectivity index (χ0) is 17.2. The van der Waals surface area contributed by atoms with Crippen molar-refractivity contribution in [3.8, 4) is 11.5 Å². The minimum absolute atomic E-state index is 0.0555. The molecule has 4 rings (SSSR count). The second-order valence-corrected chi connectivity index (χ2v) is 7.56. The highest BCUT2D eigenvalue weighted by molar-refractivity contribution is 7.10. The van der Waals surface area contributed by atoms with E-state index in [1.807, 2.05) is 17.0 Å². The molecule has 1 aromatic carbocycles. The second kappa shape index (κ2) is 7.14. The van der Waals surface area contributed by atoms with Crippen LogP contribution in [0.1, 0.15) is 22.4 Å². The lowest BCUT2D eigenvalue weighted by molar-refractivity contribution is 0.192. The molecule has 0 fully saturated rings. The largest absolute Gasteiger partial charge is 0.489 e. The van der Waals surface area contributed by atoms with Gasteiger partial charge in [0.2, 0.25) is 0 Å². The number of nitrogens with one attached hydrogen (secondary N) is 1. The van der Waals surface area contributed by atoms with Gasteiger partial charge in [-0.3, -0.25) is 0 Å². The van der Waals surface area contributed by atoms with Gasteiger partial charge in [0, 0.05) is 30.9 Å². The van der Waals surface area contributed by atoms with Crippen molar-refractivity contribution in [1.82, 2.24) is 10.2 Å². The molecule has 0 bridgehead atoms. The van der Waals surface area contributed by atoms with Crippen molar-refractivity contribution in [2.24, 2.45) is 0 Å². The van der Waals surface area contributed by atoms with Crippen molar-refractivity contribution in [2.75, 3.05) is 19.8 Å². The summed E-state index contributed by atoms with van der Waals surface area (Å²) in [6.07, 6.45) is 1.76. The van der Waals surface area contributed by atoms with E-state index in [2.05, 4.69) is 16.8 Å². The van der Waals surface area contributed by atoms with E-state index in [-0.39, 0.29) is 6.03 Å². The molecule has 5 nitrogen and oxygen atoms in total. The fourth-order valence-electron chi connectivity index (χ4n) is 3.10. The van der Waals surface area contributed by atoms with Gasteiger partial charge in [-0.05, 0) is 41.1 Å². The lowest BCUT2D eigenvalue weighted by Gasteiger charge is -2.27. The molecule has 0 spiro atoms. The summed E-state index contributed by atoms with van der Waals surface area (Å²) in [5.41, 5.74) is 2.15. The molecular weight excluding hydrogens is 360 g/mol. The van der Waals surface area contributed by atoms with Crippen LogP contribution in [-0.2, 0) is 19.5 Å². The monoisotopic (exact) mass is 378 g/mol. The van der Waals surface area contributed by atoms with E-state index in [1.54, 1.807) is 11.3 Å². The van der Waals surface area contributed by atoms with E-state index < -0.39 is 0 Å². The quantitative estimate of drug-likeness (QED) is 0.864. The summed E-state index contributed by atoms with van der Waals surface area (Å²) in [7, 11) is 0. The maximum atomic E-state index is 12.5. The number of halogens is 1. The Morgan fingerprint density at radius 2 is 2.20 bits per heavy atom. The number of benzene rings is 1. The van der Waals surface area contributed by atoms with Gasteiger partial charge >= 0.3 is 6.03 Å². The number of rotatable bonds is 2. The zero-order valence-electron chi connectivity index (χ0n) is 13.7. The van der Waals surface area contributed by atoms with E-state index in [4.69, 9.17) is 21.1 Å². The van der Waals surface area contributed by atoms with Crippen LogP contribution < -0.4 is 14.8 Å². The summed E-state index contributed by atoms with van der Waals surface area (Å²) >= 11 is 8.07. The Morgan fingerprint density at radius 3 is 3.12 bits per heavy atom. The Bertz CT molecular complexity index is 793. The number of ether oxygens (including phenoxy) is 2. The van der Waals surface area contributed by atoms with Gasteiger partial charge < -0.3 is 19.7 Å². The van der Waals surface area contributed by atoms with Gasteiger partial charge in [0.25, 0.3) is 0 Å². The summed E-state index contributed by atoms with van der Waals surface area (Å²) < 4.78 is 11.3. The number of hydrogen-bond acceptors (Lipinski definition) is 4. The summed E-state index contributed by atoms with van der Waals surface area (Å²) in [6, 6.07) is 5.76. The van der Waals surface area contributed by atoms with Crippen molar-refractivity contribution in [2.45, 2.75) is 25.9 Å². The molecular formula is C18H19ClN2O3S. The van der Waals surface area contributed by atoms with Gasteiger partial charge in [-0.15, -0.1) is 11.3 Å². The van der Waals surface area contributed by atoms with Gasteiger partial charge in [-0.2, -0.15) is 0 Å². The van der Waals surface area contributed by atoms with Crippen LogP contribution in [0.25, 0.3) is 0 Å². The van der Waals surface area contributed by atoms with Crippen LogP contribution in [0.4, 0.5) is 4.79 Å². The average Bonchev–Trinajstić information content (AvgIpc) is 2.95. The predicted octanol–water partition coefficient (Wildman–Crippen LogP) is 3.83. The fraction of sp³-hybridized carbons (Fsp3) is 0.389. The van der Waals surface area contributed by atoms with Gasteiger partial charge in [0.1, 0.15) is 0 Å². The number of urea groups is 1. The second-order valence-electron chi connectivity index (χ2n) is 6.15. The minimum Gasteiger partial charge on any atom is -0.489 e. The fourth-order valence-corrected chi connectivity index (χ4v) is 4.28. The Morgan fingerprint density at radius 1 is 1.32 bits per heavy atom. The van der Waals surface area contributed by atoms with Crippen molar-refractivity contribution in [3.05, 3.63) is 44.6 Å². The van der Waals surface area contributed by atoms with Gasteiger partial charge in [-0.25, -0.2) is 4.79 Å². The summed E-state index contributed by atoms with van der Waals surface area (Å²) in [5, 5.41) is 5.58. The molecule has 3 heterocycles. The summed E-state index contributed by atoms with van der Waals surface area (Å²) in [5.74, 6) is 1.24. The first kappa shape index (κ1) is 16.5. The first-order chi connectivity index (χ1) is 12.2. The van der Waals surface area contributed by atoms with Gasteiger partial charge in [-0.1, -0.05) is 11.6 Å². The molecule has 2 aromatic rings. The molecule has 7 heteroatoms. The summed E-state index contributed by atoms with van der Waals surface area (Å²) in [4.78, 5) is 15.7. The average molecular weight is 379 g/mol. The van der Waals surface area contributed by atoms with E-state index in [1.165, 1.54) is 10.4 Å². The molecule has 0 radical (unpaired) electrons.